The molecule has 10 heteroatoms. The average Bonchev–Trinajstić information content (AvgIpc) is 3.16. The Labute approximate surface area is 185 Å². The molecular formula is C19H17ClN4O2S3. The van der Waals surface area contributed by atoms with Crippen molar-refractivity contribution in [3.8, 4) is 0 Å². The first-order valence-corrected chi connectivity index (χ1v) is 11.9. The largest absolute Gasteiger partial charge is 0.325 e. The molecule has 3 aromatic rings. The first-order chi connectivity index (χ1) is 14.1. The van der Waals surface area contributed by atoms with Gasteiger partial charge in [0.05, 0.1) is 11.5 Å². The zero-order valence-corrected chi connectivity index (χ0v) is 18.3. The van der Waals surface area contributed by atoms with E-state index in [0.29, 0.717) is 25.9 Å². The van der Waals surface area contributed by atoms with E-state index in [4.69, 9.17) is 11.6 Å². The molecule has 2 amide bonds. The van der Waals surface area contributed by atoms with E-state index in [1.807, 2.05) is 30.3 Å². The van der Waals surface area contributed by atoms with Crippen molar-refractivity contribution in [1.82, 2.24) is 10.2 Å². The molecule has 2 aromatic carbocycles. The van der Waals surface area contributed by atoms with Gasteiger partial charge in [-0.3, -0.25) is 14.9 Å². The quantitative estimate of drug-likeness (QED) is 0.349. The third-order valence-electron chi connectivity index (χ3n) is 3.45. The van der Waals surface area contributed by atoms with Crippen LogP contribution in [0, 0.1) is 0 Å². The third kappa shape index (κ3) is 7.69. The number of nitrogens with one attached hydrogen (secondary N) is 2. The maximum atomic E-state index is 12.0. The zero-order chi connectivity index (χ0) is 20.5. The number of hydrogen-bond donors (Lipinski definition) is 2. The summed E-state index contributed by atoms with van der Waals surface area (Å²) in [7, 11) is 0. The van der Waals surface area contributed by atoms with Crippen LogP contribution in [0.4, 0.5) is 10.8 Å². The SMILES string of the molecule is O=C(CSc1nnc(NC(=O)CSCc2ccccc2)s1)Nc1ccc(Cl)cc1. The summed E-state index contributed by atoms with van der Waals surface area (Å²) in [5.74, 6) is 1.02. The van der Waals surface area contributed by atoms with Crippen molar-refractivity contribution >= 4 is 69.1 Å². The van der Waals surface area contributed by atoms with E-state index >= 15 is 0 Å². The lowest BCUT2D eigenvalue weighted by Gasteiger charge is -2.03. The lowest BCUT2D eigenvalue weighted by molar-refractivity contribution is -0.114. The smallest absolute Gasteiger partial charge is 0.236 e. The number of benzene rings is 2. The highest BCUT2D eigenvalue weighted by molar-refractivity contribution is 8.01. The average molecular weight is 465 g/mol. The lowest BCUT2D eigenvalue weighted by atomic mass is 10.2. The standard InChI is InChI=1S/C19H17ClN4O2S3/c20-14-6-8-15(9-7-14)21-17(26)12-28-19-24-23-18(29-19)22-16(25)11-27-10-13-4-2-1-3-5-13/h1-9H,10-12H2,(H,21,26)(H,22,23,25). The molecule has 1 heterocycles. The van der Waals surface area contributed by atoms with E-state index in [2.05, 4.69) is 20.8 Å². The van der Waals surface area contributed by atoms with E-state index in [9.17, 15) is 9.59 Å². The Balaban J connectivity index is 1.37. The molecule has 150 valence electrons. The topological polar surface area (TPSA) is 84.0 Å². The molecule has 0 atom stereocenters. The first kappa shape index (κ1) is 21.6. The summed E-state index contributed by atoms with van der Waals surface area (Å²) in [5, 5.41) is 14.5. The van der Waals surface area contributed by atoms with Crippen LogP contribution in [-0.2, 0) is 15.3 Å². The molecule has 0 spiro atoms. The molecule has 0 aliphatic carbocycles. The molecule has 6 nitrogen and oxygen atoms in total. The number of hydrogen-bond acceptors (Lipinski definition) is 7. The number of rotatable bonds is 9. The van der Waals surface area contributed by atoms with Crippen molar-refractivity contribution in [2.75, 3.05) is 22.1 Å². The summed E-state index contributed by atoms with van der Waals surface area (Å²) >= 11 is 9.86. The Hall–Kier alpha value is -2.07. The Morgan fingerprint density at radius 3 is 2.41 bits per heavy atom. The predicted octanol–water partition coefficient (Wildman–Crippen LogP) is 4.79. The molecule has 0 fully saturated rings. The maximum Gasteiger partial charge on any atom is 0.236 e. The Bertz CT molecular complexity index is 952. The fourth-order valence-electron chi connectivity index (χ4n) is 2.17. The highest BCUT2D eigenvalue weighted by Gasteiger charge is 2.11. The van der Waals surface area contributed by atoms with E-state index in [1.165, 1.54) is 40.4 Å². The molecule has 29 heavy (non-hydrogen) atoms. The normalized spacial score (nSPS) is 10.5. The van der Waals surface area contributed by atoms with Gasteiger partial charge in [-0.1, -0.05) is 65.0 Å². The van der Waals surface area contributed by atoms with Crippen molar-refractivity contribution in [3.05, 3.63) is 65.2 Å². The van der Waals surface area contributed by atoms with Crippen LogP contribution in [0.5, 0.6) is 0 Å². The Kier molecular flexibility index (Phi) is 8.36. The molecule has 0 radical (unpaired) electrons. The number of thioether (sulfide) groups is 2. The van der Waals surface area contributed by atoms with Crippen LogP contribution >= 0.6 is 46.5 Å². The van der Waals surface area contributed by atoms with Crippen LogP contribution in [-0.4, -0.2) is 33.5 Å². The molecule has 1 aromatic heterocycles. The van der Waals surface area contributed by atoms with Crippen LogP contribution in [0.15, 0.2) is 58.9 Å². The summed E-state index contributed by atoms with van der Waals surface area (Å²) in [6.07, 6.45) is 0. The van der Waals surface area contributed by atoms with Crippen LogP contribution in [0.25, 0.3) is 0 Å². The minimum absolute atomic E-state index is 0.126. The molecule has 0 unspecified atom stereocenters. The van der Waals surface area contributed by atoms with Crippen molar-refractivity contribution in [2.45, 2.75) is 10.1 Å². The number of nitrogens with zero attached hydrogens (tertiary/aromatic N) is 2. The van der Waals surface area contributed by atoms with Gasteiger partial charge in [-0.05, 0) is 29.8 Å². The van der Waals surface area contributed by atoms with Gasteiger partial charge in [0.25, 0.3) is 0 Å². The number of anilines is 2. The summed E-state index contributed by atoms with van der Waals surface area (Å²) in [6.45, 7) is 0. The van der Waals surface area contributed by atoms with Gasteiger partial charge in [0.2, 0.25) is 16.9 Å². The predicted molar refractivity (Wildman–Crippen MR) is 122 cm³/mol. The molecule has 0 saturated carbocycles. The molecule has 0 aliphatic rings. The van der Waals surface area contributed by atoms with E-state index < -0.39 is 0 Å². The van der Waals surface area contributed by atoms with Crippen molar-refractivity contribution < 1.29 is 9.59 Å². The van der Waals surface area contributed by atoms with Crippen LogP contribution in [0.2, 0.25) is 5.02 Å². The van der Waals surface area contributed by atoms with Crippen molar-refractivity contribution in [1.29, 1.82) is 0 Å². The number of halogens is 1. The van der Waals surface area contributed by atoms with Gasteiger partial charge < -0.3 is 5.32 Å². The second-order valence-electron chi connectivity index (χ2n) is 5.74. The van der Waals surface area contributed by atoms with Gasteiger partial charge in [0.15, 0.2) is 4.34 Å². The van der Waals surface area contributed by atoms with E-state index in [0.717, 1.165) is 5.75 Å². The van der Waals surface area contributed by atoms with Crippen LogP contribution in [0.1, 0.15) is 5.56 Å². The maximum absolute atomic E-state index is 12.0. The molecule has 2 N–H and O–H groups in total. The van der Waals surface area contributed by atoms with E-state index in [-0.39, 0.29) is 17.6 Å². The third-order valence-corrected chi connectivity index (χ3v) is 6.68. The van der Waals surface area contributed by atoms with Crippen LogP contribution < -0.4 is 10.6 Å². The molecule has 0 bridgehead atoms. The summed E-state index contributed by atoms with van der Waals surface area (Å²) in [6, 6.07) is 16.9. The minimum atomic E-state index is -0.157. The van der Waals surface area contributed by atoms with Gasteiger partial charge >= 0.3 is 0 Å². The second-order valence-corrected chi connectivity index (χ2v) is 9.37. The minimum Gasteiger partial charge on any atom is -0.325 e. The summed E-state index contributed by atoms with van der Waals surface area (Å²) in [4.78, 5) is 24.0. The van der Waals surface area contributed by atoms with Crippen LogP contribution in [0.3, 0.4) is 0 Å². The zero-order valence-electron chi connectivity index (χ0n) is 15.1. The molecule has 0 saturated heterocycles. The fourth-order valence-corrected chi connectivity index (χ4v) is 4.65. The lowest BCUT2D eigenvalue weighted by Crippen LogP contribution is -2.14. The number of carbonyl (C=O) groups excluding carboxylic acids is 2. The van der Waals surface area contributed by atoms with Gasteiger partial charge in [0.1, 0.15) is 0 Å². The van der Waals surface area contributed by atoms with Gasteiger partial charge in [-0.15, -0.1) is 22.0 Å². The van der Waals surface area contributed by atoms with E-state index in [1.54, 1.807) is 24.3 Å². The molecular weight excluding hydrogens is 448 g/mol. The summed E-state index contributed by atoms with van der Waals surface area (Å²) in [5.41, 5.74) is 1.86. The Morgan fingerprint density at radius 2 is 1.66 bits per heavy atom. The summed E-state index contributed by atoms with van der Waals surface area (Å²) < 4.78 is 0.614. The first-order valence-electron chi connectivity index (χ1n) is 8.52. The highest BCUT2D eigenvalue weighted by Crippen LogP contribution is 2.26. The number of carbonyl (C=O) groups is 2. The fraction of sp³-hybridized carbons (Fsp3) is 0.158. The van der Waals surface area contributed by atoms with Crippen molar-refractivity contribution in [2.24, 2.45) is 0 Å². The molecule has 0 aliphatic heterocycles. The van der Waals surface area contributed by atoms with Crippen molar-refractivity contribution in [3.63, 3.8) is 0 Å². The highest BCUT2D eigenvalue weighted by atomic mass is 35.5. The number of aromatic nitrogens is 2. The molecule has 3 rings (SSSR count). The Morgan fingerprint density at radius 1 is 0.931 bits per heavy atom. The van der Waals surface area contributed by atoms with Gasteiger partial charge in [-0.2, -0.15) is 0 Å². The van der Waals surface area contributed by atoms with Gasteiger partial charge in [0, 0.05) is 16.5 Å². The number of amides is 2. The van der Waals surface area contributed by atoms with Gasteiger partial charge in [-0.25, -0.2) is 0 Å². The monoisotopic (exact) mass is 464 g/mol. The second kappa shape index (κ2) is 11.2.